The third-order valence-electron chi connectivity index (χ3n) is 4.17. The lowest BCUT2D eigenvalue weighted by molar-refractivity contribution is 0.478. The summed E-state index contributed by atoms with van der Waals surface area (Å²) in [6.45, 7) is 9.48. The molecule has 0 spiro atoms. The van der Waals surface area contributed by atoms with E-state index in [0.717, 1.165) is 11.8 Å². The van der Waals surface area contributed by atoms with Crippen LogP contribution in [0.5, 0.6) is 0 Å². The molecule has 0 aromatic heterocycles. The van der Waals surface area contributed by atoms with Gasteiger partial charge in [-0.3, -0.25) is 0 Å². The van der Waals surface area contributed by atoms with Gasteiger partial charge in [-0.2, -0.15) is 0 Å². The number of fused-ring (bicyclic) bond motifs is 1. The molecule has 84 valence electrons. The van der Waals surface area contributed by atoms with E-state index in [1.807, 2.05) is 0 Å². The minimum atomic E-state index is 0.758. The zero-order valence-corrected chi connectivity index (χ0v) is 10.7. The first-order chi connectivity index (χ1) is 7.09. The van der Waals surface area contributed by atoms with Crippen LogP contribution in [0.3, 0.4) is 0 Å². The lowest BCUT2D eigenvalue weighted by Gasteiger charge is -2.33. The van der Waals surface area contributed by atoms with Crippen molar-refractivity contribution in [2.75, 3.05) is 0 Å². The van der Waals surface area contributed by atoms with Crippen molar-refractivity contribution in [3.8, 4) is 0 Å². The molecule has 1 unspecified atom stereocenters. The van der Waals surface area contributed by atoms with Crippen molar-refractivity contribution in [1.29, 1.82) is 0 Å². The molecule has 0 aromatic rings. The molecule has 15 heavy (non-hydrogen) atoms. The second-order valence-electron chi connectivity index (χ2n) is 5.77. The maximum atomic E-state index is 2.41. The third-order valence-corrected chi connectivity index (χ3v) is 4.17. The van der Waals surface area contributed by atoms with Crippen molar-refractivity contribution >= 4 is 0 Å². The predicted molar refractivity (Wildman–Crippen MR) is 66.8 cm³/mol. The highest BCUT2D eigenvalue weighted by Crippen LogP contribution is 2.43. The molecule has 0 amide bonds. The third kappa shape index (κ3) is 2.04. The van der Waals surface area contributed by atoms with E-state index >= 15 is 0 Å². The monoisotopic (exact) mass is 204 g/mol. The predicted octanol–water partition coefficient (Wildman–Crippen LogP) is 4.87. The van der Waals surface area contributed by atoms with Crippen LogP contribution in [0.1, 0.15) is 59.8 Å². The highest BCUT2D eigenvalue weighted by Gasteiger charge is 2.26. The standard InChI is InChI=1S/C15H24/c1-10(2)13-8-6-12(4)14-7-5-11(3)9-15(13)14/h10-11H,5-9H2,1-4H3. The number of hydrogen-bond donors (Lipinski definition) is 0. The average molecular weight is 204 g/mol. The molecule has 0 heterocycles. The van der Waals surface area contributed by atoms with Crippen LogP contribution in [0.15, 0.2) is 22.3 Å². The van der Waals surface area contributed by atoms with Crippen molar-refractivity contribution in [3.63, 3.8) is 0 Å². The topological polar surface area (TPSA) is 0 Å². The Morgan fingerprint density at radius 1 is 1.07 bits per heavy atom. The Balaban J connectivity index is 2.39. The molecule has 2 aliphatic carbocycles. The van der Waals surface area contributed by atoms with E-state index in [9.17, 15) is 0 Å². The van der Waals surface area contributed by atoms with Crippen molar-refractivity contribution in [3.05, 3.63) is 22.3 Å². The SMILES string of the molecule is CC1=C2CCC(C)CC2=C(C(C)C)CC1. The molecule has 0 N–H and O–H groups in total. The van der Waals surface area contributed by atoms with Crippen LogP contribution in [0.25, 0.3) is 0 Å². The summed E-state index contributed by atoms with van der Waals surface area (Å²) < 4.78 is 0. The number of allylic oxidation sites excluding steroid dienone is 4. The van der Waals surface area contributed by atoms with Gasteiger partial charge < -0.3 is 0 Å². The van der Waals surface area contributed by atoms with Crippen LogP contribution in [-0.4, -0.2) is 0 Å². The first-order valence-corrected chi connectivity index (χ1v) is 6.50. The molecule has 2 rings (SSSR count). The summed E-state index contributed by atoms with van der Waals surface area (Å²) in [6, 6.07) is 0. The van der Waals surface area contributed by atoms with Crippen LogP contribution < -0.4 is 0 Å². The second kappa shape index (κ2) is 4.15. The molecule has 0 nitrogen and oxygen atoms in total. The van der Waals surface area contributed by atoms with Gasteiger partial charge in [-0.15, -0.1) is 0 Å². The van der Waals surface area contributed by atoms with Gasteiger partial charge >= 0.3 is 0 Å². The first kappa shape index (κ1) is 11.0. The summed E-state index contributed by atoms with van der Waals surface area (Å²) in [5.41, 5.74) is 6.94. The van der Waals surface area contributed by atoms with Crippen molar-refractivity contribution in [1.82, 2.24) is 0 Å². The molecule has 0 saturated heterocycles. The van der Waals surface area contributed by atoms with E-state index in [4.69, 9.17) is 0 Å². The normalized spacial score (nSPS) is 27.4. The summed E-state index contributed by atoms with van der Waals surface area (Å²) >= 11 is 0. The molecular weight excluding hydrogens is 180 g/mol. The average Bonchev–Trinajstić information content (AvgIpc) is 2.17. The molecular formula is C15H24. The van der Waals surface area contributed by atoms with Crippen molar-refractivity contribution < 1.29 is 0 Å². The molecule has 1 atom stereocenters. The van der Waals surface area contributed by atoms with E-state index in [-0.39, 0.29) is 0 Å². The van der Waals surface area contributed by atoms with E-state index in [2.05, 4.69) is 27.7 Å². The van der Waals surface area contributed by atoms with Gasteiger partial charge in [0.25, 0.3) is 0 Å². The summed E-state index contributed by atoms with van der Waals surface area (Å²) in [4.78, 5) is 0. The van der Waals surface area contributed by atoms with Gasteiger partial charge in [-0.1, -0.05) is 31.9 Å². The Labute approximate surface area is 94.5 Å². The molecule has 0 aliphatic heterocycles. The van der Waals surface area contributed by atoms with Gasteiger partial charge in [0.05, 0.1) is 0 Å². The molecule has 0 bridgehead atoms. The Morgan fingerprint density at radius 3 is 2.47 bits per heavy atom. The molecule has 1 saturated carbocycles. The van der Waals surface area contributed by atoms with Crippen LogP contribution in [0.4, 0.5) is 0 Å². The van der Waals surface area contributed by atoms with Gasteiger partial charge in [0, 0.05) is 0 Å². The van der Waals surface area contributed by atoms with Crippen molar-refractivity contribution in [2.24, 2.45) is 11.8 Å². The highest BCUT2D eigenvalue weighted by molar-refractivity contribution is 5.44. The Kier molecular flexibility index (Phi) is 3.04. The molecule has 0 radical (unpaired) electrons. The van der Waals surface area contributed by atoms with E-state index in [0.29, 0.717) is 0 Å². The van der Waals surface area contributed by atoms with Crippen LogP contribution >= 0.6 is 0 Å². The Hall–Kier alpha value is -0.520. The van der Waals surface area contributed by atoms with Crippen LogP contribution in [0, 0.1) is 11.8 Å². The van der Waals surface area contributed by atoms with Crippen LogP contribution in [0.2, 0.25) is 0 Å². The van der Waals surface area contributed by atoms with E-state index < -0.39 is 0 Å². The minimum absolute atomic E-state index is 0.758. The fourth-order valence-electron chi connectivity index (χ4n) is 3.17. The summed E-state index contributed by atoms with van der Waals surface area (Å²) in [5, 5.41) is 0. The Bertz CT molecular complexity index is 315. The number of hydrogen-bond acceptors (Lipinski definition) is 0. The zero-order chi connectivity index (χ0) is 11.0. The first-order valence-electron chi connectivity index (χ1n) is 6.50. The smallest absolute Gasteiger partial charge is 0.0251 e. The minimum Gasteiger partial charge on any atom is -0.0695 e. The van der Waals surface area contributed by atoms with Gasteiger partial charge in [-0.25, -0.2) is 0 Å². The summed E-state index contributed by atoms with van der Waals surface area (Å²) in [6.07, 6.45) is 6.75. The van der Waals surface area contributed by atoms with Crippen molar-refractivity contribution in [2.45, 2.75) is 59.8 Å². The van der Waals surface area contributed by atoms with E-state index in [1.54, 1.807) is 22.3 Å². The molecule has 0 aromatic carbocycles. The maximum absolute atomic E-state index is 2.41. The molecule has 2 aliphatic rings. The number of rotatable bonds is 1. The van der Waals surface area contributed by atoms with Gasteiger partial charge in [-0.05, 0) is 62.0 Å². The largest absolute Gasteiger partial charge is 0.0695 e. The second-order valence-corrected chi connectivity index (χ2v) is 5.77. The molecule has 1 fully saturated rings. The summed E-state index contributed by atoms with van der Waals surface area (Å²) in [5.74, 6) is 1.66. The highest BCUT2D eigenvalue weighted by atomic mass is 14.3. The lowest BCUT2D eigenvalue weighted by Crippen LogP contribution is -2.16. The fraction of sp³-hybridized carbons (Fsp3) is 0.733. The zero-order valence-electron chi connectivity index (χ0n) is 10.7. The fourth-order valence-corrected chi connectivity index (χ4v) is 3.17. The van der Waals surface area contributed by atoms with Gasteiger partial charge in [0.1, 0.15) is 0 Å². The Morgan fingerprint density at radius 2 is 1.80 bits per heavy atom. The van der Waals surface area contributed by atoms with Crippen LogP contribution in [-0.2, 0) is 0 Å². The van der Waals surface area contributed by atoms with E-state index in [1.165, 1.54) is 32.1 Å². The van der Waals surface area contributed by atoms with Gasteiger partial charge in [0.2, 0.25) is 0 Å². The van der Waals surface area contributed by atoms with Gasteiger partial charge in [0.15, 0.2) is 0 Å². The lowest BCUT2D eigenvalue weighted by atomic mass is 9.72. The summed E-state index contributed by atoms with van der Waals surface area (Å²) in [7, 11) is 0. The quantitative estimate of drug-likeness (QED) is 0.571. The maximum Gasteiger partial charge on any atom is -0.0251 e. The molecule has 0 heteroatoms.